The number of hydrogen-bond acceptors (Lipinski definition) is 11. The highest BCUT2D eigenvalue weighted by molar-refractivity contribution is 14.1. The predicted molar refractivity (Wildman–Crippen MR) is 164 cm³/mol. The van der Waals surface area contributed by atoms with Gasteiger partial charge in [-0.3, -0.25) is 24.0 Å². The molecule has 0 radical (unpaired) electrons. The first kappa shape index (κ1) is 32.6. The summed E-state index contributed by atoms with van der Waals surface area (Å²) < 4.78 is 24.0. The first-order valence-corrected chi connectivity index (χ1v) is 16.6. The van der Waals surface area contributed by atoms with Crippen molar-refractivity contribution in [1.82, 2.24) is 15.3 Å². The fourth-order valence-electron chi connectivity index (χ4n) is 7.35. The third-order valence-electron chi connectivity index (χ3n) is 9.25. The molecule has 45 heavy (non-hydrogen) atoms. The monoisotopic (exact) mass is 741 g/mol. The first-order chi connectivity index (χ1) is 21.4. The zero-order chi connectivity index (χ0) is 32.1. The number of benzene rings is 1. The summed E-state index contributed by atoms with van der Waals surface area (Å²) in [7, 11) is 0. The maximum Gasteiger partial charge on any atom is 0.327 e. The van der Waals surface area contributed by atoms with Gasteiger partial charge in [0.05, 0.1) is 19.2 Å². The number of hydrogen-bond donors (Lipinski definition) is 2. The molecule has 1 aromatic rings. The van der Waals surface area contributed by atoms with Crippen LogP contribution in [0, 0.1) is 8.99 Å². The number of nitrogens with one attached hydrogen (secondary N) is 1. The number of ether oxygens (including phenoxy) is 4. The lowest BCUT2D eigenvalue weighted by Crippen LogP contribution is -2.70. The van der Waals surface area contributed by atoms with E-state index in [9.17, 15) is 24.3 Å². The molecule has 13 nitrogen and oxygen atoms in total. The highest BCUT2D eigenvalue weighted by atomic mass is 127. The first-order valence-electron chi connectivity index (χ1n) is 15.5. The van der Waals surface area contributed by atoms with Crippen LogP contribution in [0.15, 0.2) is 24.3 Å². The molecule has 8 atom stereocenters. The Balaban J connectivity index is 1.24. The Morgan fingerprint density at radius 1 is 1.20 bits per heavy atom. The lowest BCUT2D eigenvalue weighted by atomic mass is 9.62. The highest BCUT2D eigenvalue weighted by Crippen LogP contribution is 2.56. The number of carbonyl (C=O) groups excluding carboxylic acids is 4. The van der Waals surface area contributed by atoms with E-state index in [1.165, 1.54) is 0 Å². The Labute approximate surface area is 275 Å². The van der Waals surface area contributed by atoms with Gasteiger partial charge in [0, 0.05) is 23.0 Å². The minimum Gasteiger partial charge on any atom is -0.460 e. The van der Waals surface area contributed by atoms with Crippen molar-refractivity contribution in [2.75, 3.05) is 19.9 Å². The number of esters is 2. The summed E-state index contributed by atoms with van der Waals surface area (Å²) in [5.41, 5.74) is -1.07. The lowest BCUT2D eigenvalue weighted by Gasteiger charge is -2.50. The second-order valence-electron chi connectivity index (χ2n) is 13.4. The largest absolute Gasteiger partial charge is 0.460 e. The van der Waals surface area contributed by atoms with Gasteiger partial charge in [-0.05, 0) is 74.3 Å². The molecule has 2 amide bonds. The molecule has 4 aliphatic heterocycles. The van der Waals surface area contributed by atoms with Gasteiger partial charge in [0.1, 0.15) is 48.3 Å². The molecule has 4 heterocycles. The maximum absolute atomic E-state index is 14.8. The van der Waals surface area contributed by atoms with E-state index < -0.39 is 71.4 Å². The topological polar surface area (TPSA) is 153 Å². The van der Waals surface area contributed by atoms with Crippen LogP contribution in [0.4, 0.5) is 0 Å². The molecule has 2 bridgehead atoms. The van der Waals surface area contributed by atoms with Crippen molar-refractivity contribution in [3.63, 3.8) is 0 Å². The van der Waals surface area contributed by atoms with E-state index in [2.05, 4.69) is 27.9 Å². The molecule has 0 spiro atoms. The molecule has 2 N–H and O–H groups in total. The van der Waals surface area contributed by atoms with E-state index >= 15 is 0 Å². The Morgan fingerprint density at radius 3 is 2.69 bits per heavy atom. The SMILES string of the molecule is CC(C)(C)OC(=O)CCC(CO)NC(=O)C1CCCN1C(=O)C12CC3OC(=O)C1N(Cc1ccccc1I)OC2C1OCOC31. The van der Waals surface area contributed by atoms with Gasteiger partial charge < -0.3 is 34.3 Å². The Kier molecular flexibility index (Phi) is 9.17. The Morgan fingerprint density at radius 2 is 1.96 bits per heavy atom. The van der Waals surface area contributed by atoms with E-state index in [-0.39, 0.29) is 45.1 Å². The maximum atomic E-state index is 14.8. The molecule has 246 valence electrons. The van der Waals surface area contributed by atoms with Gasteiger partial charge in [-0.15, -0.1) is 0 Å². The van der Waals surface area contributed by atoms with Crippen molar-refractivity contribution in [2.24, 2.45) is 5.41 Å². The number of halogens is 1. The summed E-state index contributed by atoms with van der Waals surface area (Å²) in [6.45, 7) is 5.49. The number of aliphatic hydroxyl groups excluding tert-OH is 1. The number of fused-ring (bicyclic) bond motifs is 4. The Hall–Kier alpha value is -2.37. The fourth-order valence-corrected chi connectivity index (χ4v) is 7.91. The minimum atomic E-state index is -1.36. The van der Waals surface area contributed by atoms with Gasteiger partial charge >= 0.3 is 11.9 Å². The van der Waals surface area contributed by atoms with Crippen LogP contribution in [0.1, 0.15) is 58.4 Å². The number of likely N-dealkylation sites (tertiary alicyclic amines) is 1. The van der Waals surface area contributed by atoms with Crippen molar-refractivity contribution in [3.05, 3.63) is 33.4 Å². The number of hydroxylamine groups is 2. The molecule has 4 saturated heterocycles. The summed E-state index contributed by atoms with van der Waals surface area (Å²) in [6, 6.07) is 5.17. The molecule has 5 aliphatic rings. The van der Waals surface area contributed by atoms with Crippen molar-refractivity contribution < 1.29 is 48.1 Å². The summed E-state index contributed by atoms with van der Waals surface area (Å²) >= 11 is 2.23. The standard InChI is InChI=1S/C31H40IN3O10/c1-30(2,3)44-22(37)11-10-18(15-36)33-27(38)20-9-6-12-34(20)29(40)31-13-21-23-24(42-16-41-23)26(31)45-35(25(31)28(39)43-21)14-17-7-4-5-8-19(17)32/h4-5,7-8,18,20-21,23-26,36H,6,9-16H2,1-3H3,(H,33,38). The molecule has 0 aromatic heterocycles. The van der Waals surface area contributed by atoms with Crippen LogP contribution >= 0.6 is 22.6 Å². The molecule has 1 aromatic carbocycles. The molecule has 5 fully saturated rings. The van der Waals surface area contributed by atoms with E-state index in [4.69, 9.17) is 23.8 Å². The lowest BCUT2D eigenvalue weighted by molar-refractivity contribution is -0.204. The van der Waals surface area contributed by atoms with Crippen LogP contribution in [0.5, 0.6) is 0 Å². The van der Waals surface area contributed by atoms with Crippen molar-refractivity contribution in [1.29, 1.82) is 0 Å². The third kappa shape index (κ3) is 6.09. The van der Waals surface area contributed by atoms with Crippen LogP contribution in [-0.2, 0) is 49.5 Å². The van der Waals surface area contributed by atoms with Crippen LogP contribution in [0.2, 0.25) is 0 Å². The highest BCUT2D eigenvalue weighted by Gasteiger charge is 2.75. The van der Waals surface area contributed by atoms with Crippen LogP contribution < -0.4 is 5.32 Å². The van der Waals surface area contributed by atoms with Gasteiger partial charge in [-0.1, -0.05) is 18.2 Å². The van der Waals surface area contributed by atoms with E-state index in [0.717, 1.165) is 9.13 Å². The number of amides is 2. The molecular weight excluding hydrogens is 701 g/mol. The summed E-state index contributed by atoms with van der Waals surface area (Å²) in [4.78, 5) is 62.4. The molecule has 6 rings (SSSR count). The zero-order valence-corrected chi connectivity index (χ0v) is 27.8. The van der Waals surface area contributed by atoms with E-state index in [1.54, 1.807) is 30.7 Å². The number of rotatable bonds is 9. The second kappa shape index (κ2) is 12.7. The molecular formula is C31H40IN3O10. The molecule has 1 saturated carbocycles. The number of nitrogens with zero attached hydrogens (tertiary/aromatic N) is 2. The summed E-state index contributed by atoms with van der Waals surface area (Å²) in [5.74, 6) is -1.77. The van der Waals surface area contributed by atoms with Crippen molar-refractivity contribution >= 4 is 46.3 Å². The average molecular weight is 742 g/mol. The minimum absolute atomic E-state index is 0.00461. The smallest absolute Gasteiger partial charge is 0.327 e. The predicted octanol–water partition coefficient (Wildman–Crippen LogP) is 1.42. The molecule has 8 unspecified atom stereocenters. The van der Waals surface area contributed by atoms with Crippen LogP contribution in [0.25, 0.3) is 0 Å². The van der Waals surface area contributed by atoms with Gasteiger partial charge in [0.2, 0.25) is 11.8 Å². The average Bonchev–Trinajstić information content (AvgIpc) is 3.73. The van der Waals surface area contributed by atoms with Crippen molar-refractivity contribution in [3.8, 4) is 0 Å². The summed E-state index contributed by atoms with van der Waals surface area (Å²) in [6.07, 6.45) is -1.33. The van der Waals surface area contributed by atoms with Gasteiger partial charge in [0.15, 0.2) is 6.04 Å². The molecule has 1 aliphatic carbocycles. The number of carbonyl (C=O) groups is 4. The Bertz CT molecular complexity index is 1340. The second-order valence-corrected chi connectivity index (χ2v) is 14.5. The molecule has 14 heteroatoms. The van der Waals surface area contributed by atoms with E-state index in [1.807, 2.05) is 24.3 Å². The summed E-state index contributed by atoms with van der Waals surface area (Å²) in [5, 5.41) is 14.4. The quantitative estimate of drug-likeness (QED) is 0.279. The van der Waals surface area contributed by atoms with Crippen molar-refractivity contribution in [2.45, 2.75) is 108 Å². The fraction of sp³-hybridized carbons (Fsp3) is 0.677. The number of aliphatic hydroxyl groups is 1. The van der Waals surface area contributed by atoms with Gasteiger partial charge in [0.25, 0.3) is 0 Å². The third-order valence-corrected chi connectivity index (χ3v) is 10.3. The van der Waals surface area contributed by atoms with Gasteiger partial charge in [-0.25, -0.2) is 0 Å². The zero-order valence-electron chi connectivity index (χ0n) is 25.6. The van der Waals surface area contributed by atoms with Gasteiger partial charge in [-0.2, -0.15) is 5.06 Å². The van der Waals surface area contributed by atoms with Crippen LogP contribution in [0.3, 0.4) is 0 Å². The normalized spacial score (nSPS) is 33.0. The van der Waals surface area contributed by atoms with E-state index in [0.29, 0.717) is 19.4 Å². The van der Waals surface area contributed by atoms with Crippen LogP contribution in [-0.4, -0.2) is 107 Å².